The van der Waals surface area contributed by atoms with Gasteiger partial charge < -0.3 is 42.9 Å². The Morgan fingerprint density at radius 1 is 1.02 bits per heavy atom. The first-order valence-corrected chi connectivity index (χ1v) is 15.1. The molecule has 1 aliphatic rings. The zero-order valence-electron chi connectivity index (χ0n) is 27.1. The molecule has 11 N–H and O–H groups in total. The van der Waals surface area contributed by atoms with Gasteiger partial charge in [-0.3, -0.25) is 24.8 Å². The molecule has 0 heterocycles. The predicted octanol–water partition coefficient (Wildman–Crippen LogP) is 0.929. The summed E-state index contributed by atoms with van der Waals surface area (Å²) in [5, 5.41) is 30.0. The quantitative estimate of drug-likeness (QED) is 0.0594. The number of aliphatic carboxylic acids is 2. The number of amidine groups is 1. The minimum Gasteiger partial charge on any atom is -0.480 e. The number of hydrogen-bond donors (Lipinski definition) is 8. The number of aliphatic imine (C=N–C) groups is 1. The summed E-state index contributed by atoms with van der Waals surface area (Å²) in [7, 11) is 3.10. The third kappa shape index (κ3) is 13.1. The van der Waals surface area contributed by atoms with E-state index in [-0.39, 0.29) is 37.1 Å². The second-order valence-corrected chi connectivity index (χ2v) is 11.7. The van der Waals surface area contributed by atoms with Crippen molar-refractivity contribution in [2.75, 3.05) is 20.6 Å². The number of nitrogens with zero attached hydrogens (tertiary/aromatic N) is 2. The smallest absolute Gasteiger partial charge is 0.480 e. The topological polar surface area (TPSA) is 267 Å². The Hall–Kier alpha value is -4.90. The summed E-state index contributed by atoms with van der Waals surface area (Å²) >= 11 is 0. The summed E-state index contributed by atoms with van der Waals surface area (Å²) in [5.41, 5.74) is 15.9. The van der Waals surface area contributed by atoms with Gasteiger partial charge >= 0.3 is 18.1 Å². The number of alkyl halides is 3. The molecule has 0 aromatic heterocycles. The molecule has 0 radical (unpaired) electrons. The van der Waals surface area contributed by atoms with Crippen molar-refractivity contribution in [3.63, 3.8) is 0 Å². The molecule has 1 aromatic carbocycles. The molecule has 1 saturated carbocycles. The Morgan fingerprint density at radius 2 is 1.56 bits per heavy atom. The molecular weight excluding hydrogens is 641 g/mol. The van der Waals surface area contributed by atoms with Crippen molar-refractivity contribution >= 4 is 41.5 Å². The predicted molar refractivity (Wildman–Crippen MR) is 170 cm³/mol. The lowest BCUT2D eigenvalue weighted by molar-refractivity contribution is -0.192. The zero-order chi connectivity index (χ0) is 36.8. The van der Waals surface area contributed by atoms with E-state index in [0.717, 1.165) is 19.3 Å². The number of nitrogens with two attached hydrogens (primary N) is 3. The van der Waals surface area contributed by atoms with Gasteiger partial charge in [0, 0.05) is 26.2 Å². The SMILES string of the molecule is CN(C)C(=O)C(Cc1ccc(C(=N)N)cc1)C(=O)N[C@](C)(C(=O)N[C@@H](CCCN=C(N)N)C(=O)O)C1CCCCC1.O=C(O)C(F)(F)F. The van der Waals surface area contributed by atoms with Crippen molar-refractivity contribution in [3.8, 4) is 0 Å². The zero-order valence-corrected chi connectivity index (χ0v) is 27.1. The summed E-state index contributed by atoms with van der Waals surface area (Å²) in [6.07, 6.45) is -0.529. The molecule has 1 unspecified atom stereocenters. The second kappa shape index (κ2) is 18.4. The fourth-order valence-corrected chi connectivity index (χ4v) is 5.10. The Kier molecular flexibility index (Phi) is 15.8. The maximum Gasteiger partial charge on any atom is 0.490 e. The largest absolute Gasteiger partial charge is 0.490 e. The van der Waals surface area contributed by atoms with Crippen LogP contribution in [0.1, 0.15) is 63.0 Å². The van der Waals surface area contributed by atoms with Gasteiger partial charge in [0.2, 0.25) is 17.7 Å². The summed E-state index contributed by atoms with van der Waals surface area (Å²) in [5.74, 6) is -7.24. The number of amides is 3. The highest BCUT2D eigenvalue weighted by molar-refractivity contribution is 6.03. The van der Waals surface area contributed by atoms with Gasteiger partial charge in [0.1, 0.15) is 23.3 Å². The molecule has 1 aromatic rings. The number of carboxylic acid groups (broad SMARTS) is 2. The van der Waals surface area contributed by atoms with E-state index in [1.54, 1.807) is 45.3 Å². The van der Waals surface area contributed by atoms with E-state index in [4.69, 9.17) is 32.5 Å². The average molecular weight is 687 g/mol. The highest BCUT2D eigenvalue weighted by atomic mass is 19.4. The molecule has 15 nitrogen and oxygen atoms in total. The highest BCUT2D eigenvalue weighted by Crippen LogP contribution is 2.33. The van der Waals surface area contributed by atoms with Crippen LogP contribution in [0.3, 0.4) is 0 Å². The van der Waals surface area contributed by atoms with Crippen LogP contribution in [-0.4, -0.2) is 95.0 Å². The van der Waals surface area contributed by atoms with Gasteiger partial charge in [0.05, 0.1) is 0 Å². The molecule has 0 bridgehead atoms. The van der Waals surface area contributed by atoms with Crippen molar-refractivity contribution in [1.82, 2.24) is 15.5 Å². The Bertz CT molecular complexity index is 1330. The van der Waals surface area contributed by atoms with Crippen LogP contribution in [0.15, 0.2) is 29.3 Å². The summed E-state index contributed by atoms with van der Waals surface area (Å²) in [6, 6.07) is 5.48. The van der Waals surface area contributed by atoms with Gasteiger partial charge in [-0.1, -0.05) is 43.5 Å². The Labute approximate surface area is 276 Å². The number of benzene rings is 1. The van der Waals surface area contributed by atoms with Crippen molar-refractivity contribution in [1.29, 1.82) is 5.41 Å². The van der Waals surface area contributed by atoms with Crippen LogP contribution in [0.5, 0.6) is 0 Å². The first kappa shape index (κ1) is 41.1. The van der Waals surface area contributed by atoms with Crippen molar-refractivity contribution in [2.24, 2.45) is 34.0 Å². The van der Waals surface area contributed by atoms with Crippen LogP contribution in [0.25, 0.3) is 0 Å². The van der Waals surface area contributed by atoms with Gasteiger partial charge in [-0.25, -0.2) is 9.59 Å². The van der Waals surface area contributed by atoms with Crippen LogP contribution < -0.4 is 27.8 Å². The number of rotatable bonds is 14. The van der Waals surface area contributed by atoms with Crippen LogP contribution >= 0.6 is 0 Å². The molecule has 0 spiro atoms. The lowest BCUT2D eigenvalue weighted by atomic mass is 9.74. The number of carbonyl (C=O) groups excluding carboxylic acids is 3. The van der Waals surface area contributed by atoms with E-state index in [0.29, 0.717) is 30.4 Å². The number of halogens is 3. The Balaban J connectivity index is 0.00000148. The lowest BCUT2D eigenvalue weighted by Crippen LogP contribution is -2.64. The number of nitrogen functional groups attached to an aromatic ring is 1. The number of nitrogens with one attached hydrogen (secondary N) is 3. The molecule has 268 valence electrons. The molecule has 0 saturated heterocycles. The van der Waals surface area contributed by atoms with E-state index >= 15 is 0 Å². The van der Waals surface area contributed by atoms with Gasteiger partial charge in [-0.15, -0.1) is 0 Å². The van der Waals surface area contributed by atoms with Crippen molar-refractivity contribution in [3.05, 3.63) is 35.4 Å². The third-order valence-electron chi connectivity index (χ3n) is 7.83. The maximum absolute atomic E-state index is 13.8. The van der Waals surface area contributed by atoms with E-state index < -0.39 is 53.3 Å². The van der Waals surface area contributed by atoms with Crippen LogP contribution in [0, 0.1) is 17.2 Å². The first-order valence-electron chi connectivity index (χ1n) is 15.1. The van der Waals surface area contributed by atoms with E-state index in [1.807, 2.05) is 0 Å². The van der Waals surface area contributed by atoms with Crippen LogP contribution in [0.2, 0.25) is 0 Å². The molecule has 3 amide bonds. The molecule has 3 atom stereocenters. The number of carbonyl (C=O) groups is 5. The van der Waals surface area contributed by atoms with Gasteiger partial charge in [0.15, 0.2) is 5.96 Å². The lowest BCUT2D eigenvalue weighted by Gasteiger charge is -2.40. The van der Waals surface area contributed by atoms with Crippen molar-refractivity contribution < 1.29 is 47.4 Å². The van der Waals surface area contributed by atoms with Crippen molar-refractivity contribution in [2.45, 2.75) is 76.0 Å². The van der Waals surface area contributed by atoms with Crippen LogP contribution in [-0.2, 0) is 30.4 Å². The van der Waals surface area contributed by atoms with E-state index in [9.17, 15) is 37.5 Å². The minimum atomic E-state index is -5.08. The number of carboxylic acids is 2. The normalized spacial score (nSPS) is 15.6. The van der Waals surface area contributed by atoms with E-state index in [2.05, 4.69) is 15.6 Å². The monoisotopic (exact) mass is 686 g/mol. The van der Waals surface area contributed by atoms with E-state index in [1.165, 1.54) is 4.90 Å². The molecule has 1 aliphatic carbocycles. The van der Waals surface area contributed by atoms with Gasteiger partial charge in [0.25, 0.3) is 0 Å². The summed E-state index contributed by atoms with van der Waals surface area (Å²) < 4.78 is 31.7. The summed E-state index contributed by atoms with van der Waals surface area (Å²) in [6.45, 7) is 1.81. The molecule has 0 aliphatic heterocycles. The molecular formula is C30H45F3N8O7. The minimum absolute atomic E-state index is 0.0614. The fourth-order valence-electron chi connectivity index (χ4n) is 5.10. The number of guanidine groups is 1. The Morgan fingerprint density at radius 3 is 2.00 bits per heavy atom. The third-order valence-corrected chi connectivity index (χ3v) is 7.83. The second-order valence-electron chi connectivity index (χ2n) is 11.7. The first-order chi connectivity index (χ1) is 22.2. The average Bonchev–Trinajstić information content (AvgIpc) is 3.00. The molecule has 1 fully saturated rings. The standard InChI is InChI=1S/C28H44N8O5.C2HF3O2/c1-28(19-8-5-4-6-9-19,26(41)34-21(25(39)40)10-7-15-33-27(31)32)35-23(37)20(24(38)36(2)3)16-17-11-13-18(14-12-17)22(29)30;3-2(4,5)1(6)7/h11-14,19-21H,4-10,15-16H2,1-3H3,(H3,29,30)(H,34,41)(H,35,37)(H,39,40)(H4,31,32,33);(H,6,7)/t20?,21-,28-;/m0./s1. The highest BCUT2D eigenvalue weighted by Gasteiger charge is 2.46. The number of hydrogen-bond acceptors (Lipinski definition) is 7. The van der Waals surface area contributed by atoms with Gasteiger partial charge in [-0.05, 0) is 50.5 Å². The molecule has 48 heavy (non-hydrogen) atoms. The molecule has 2 rings (SSSR count). The summed E-state index contributed by atoms with van der Waals surface area (Å²) in [4.78, 5) is 66.7. The van der Waals surface area contributed by atoms with Gasteiger partial charge in [-0.2, -0.15) is 13.2 Å². The fraction of sp³-hybridized carbons (Fsp3) is 0.567. The van der Waals surface area contributed by atoms with Crippen LogP contribution in [0.4, 0.5) is 13.2 Å². The molecule has 18 heteroatoms. The maximum atomic E-state index is 13.8.